The molecule has 1 heterocycles. The zero-order chi connectivity index (χ0) is 41.6. The van der Waals surface area contributed by atoms with Crippen molar-refractivity contribution < 1.29 is 39.8 Å². The first kappa shape index (κ1) is 53.7. The summed E-state index contributed by atoms with van der Waals surface area (Å²) >= 11 is 0. The number of allylic oxidation sites excluding steroid dienone is 3. The Bertz CT molecular complexity index is 945. The summed E-state index contributed by atoms with van der Waals surface area (Å²) in [6.45, 7) is 3.76. The van der Waals surface area contributed by atoms with Crippen LogP contribution in [-0.4, -0.2) is 87.5 Å². The maximum Gasteiger partial charge on any atom is 0.220 e. The summed E-state index contributed by atoms with van der Waals surface area (Å²) < 4.78 is 11.2. The molecule has 0 saturated carbocycles. The van der Waals surface area contributed by atoms with E-state index in [1.165, 1.54) is 161 Å². The van der Waals surface area contributed by atoms with Gasteiger partial charge in [-0.05, 0) is 32.1 Å². The average Bonchev–Trinajstić information content (AvgIpc) is 3.21. The van der Waals surface area contributed by atoms with Crippen LogP contribution in [0.2, 0.25) is 0 Å². The van der Waals surface area contributed by atoms with Crippen LogP contribution in [-0.2, 0) is 14.3 Å². The molecule has 6 N–H and O–H groups in total. The molecule has 0 aromatic heterocycles. The van der Waals surface area contributed by atoms with E-state index < -0.39 is 49.5 Å². The van der Waals surface area contributed by atoms with Gasteiger partial charge in [0.2, 0.25) is 5.91 Å². The van der Waals surface area contributed by atoms with Gasteiger partial charge in [0.1, 0.15) is 24.4 Å². The normalized spacial score (nSPS) is 21.1. The minimum atomic E-state index is -1.57. The predicted molar refractivity (Wildman–Crippen MR) is 235 cm³/mol. The fourth-order valence-electron chi connectivity index (χ4n) is 7.64. The van der Waals surface area contributed by atoms with E-state index in [2.05, 4.69) is 31.3 Å². The number of unbranched alkanes of at least 4 members (excludes halogenated alkanes) is 28. The topological polar surface area (TPSA) is 149 Å². The van der Waals surface area contributed by atoms with Crippen molar-refractivity contribution in [2.75, 3.05) is 13.2 Å². The van der Waals surface area contributed by atoms with E-state index in [0.29, 0.717) is 6.42 Å². The van der Waals surface area contributed by atoms with Crippen molar-refractivity contribution in [1.82, 2.24) is 5.32 Å². The maximum absolute atomic E-state index is 12.9. The summed E-state index contributed by atoms with van der Waals surface area (Å²) in [7, 11) is 0. The van der Waals surface area contributed by atoms with Crippen LogP contribution in [0.5, 0.6) is 0 Å². The molecule has 336 valence electrons. The Morgan fingerprint density at radius 1 is 0.579 bits per heavy atom. The lowest BCUT2D eigenvalue weighted by molar-refractivity contribution is -0.302. The minimum absolute atomic E-state index is 0.186. The number of nitrogens with one attached hydrogen (secondary N) is 1. The summed E-state index contributed by atoms with van der Waals surface area (Å²) in [6.07, 6.45) is 39.5. The van der Waals surface area contributed by atoms with Crippen LogP contribution in [0.15, 0.2) is 24.3 Å². The monoisotopic (exact) mass is 810 g/mol. The van der Waals surface area contributed by atoms with E-state index in [4.69, 9.17) is 9.47 Å². The maximum atomic E-state index is 12.9. The summed E-state index contributed by atoms with van der Waals surface area (Å²) in [5.74, 6) is -0.186. The van der Waals surface area contributed by atoms with Gasteiger partial charge in [-0.15, -0.1) is 0 Å². The van der Waals surface area contributed by atoms with E-state index in [-0.39, 0.29) is 12.5 Å². The predicted octanol–water partition coefficient (Wildman–Crippen LogP) is 10.3. The lowest BCUT2D eigenvalue weighted by Gasteiger charge is -2.40. The third-order valence-electron chi connectivity index (χ3n) is 11.5. The highest BCUT2D eigenvalue weighted by Gasteiger charge is 2.44. The van der Waals surface area contributed by atoms with Crippen LogP contribution in [0.25, 0.3) is 0 Å². The highest BCUT2D eigenvalue weighted by atomic mass is 16.7. The van der Waals surface area contributed by atoms with Crippen molar-refractivity contribution in [1.29, 1.82) is 0 Å². The molecular formula is C48H91NO8. The Morgan fingerprint density at radius 2 is 1.00 bits per heavy atom. The zero-order valence-corrected chi connectivity index (χ0v) is 36.9. The third kappa shape index (κ3) is 29.5. The molecule has 7 atom stereocenters. The number of hydrogen-bond acceptors (Lipinski definition) is 8. The summed E-state index contributed by atoms with van der Waals surface area (Å²) in [6, 6.07) is -0.816. The second-order valence-corrected chi connectivity index (χ2v) is 16.9. The Balaban J connectivity index is 2.32. The van der Waals surface area contributed by atoms with Gasteiger partial charge in [-0.2, -0.15) is 0 Å². The molecule has 0 aromatic carbocycles. The molecule has 57 heavy (non-hydrogen) atoms. The van der Waals surface area contributed by atoms with Gasteiger partial charge in [0, 0.05) is 6.42 Å². The fourth-order valence-corrected chi connectivity index (χ4v) is 7.64. The van der Waals surface area contributed by atoms with Crippen LogP contribution in [0.1, 0.15) is 219 Å². The standard InChI is InChI=1S/C48H91NO8/c1-3-5-7-9-11-13-15-17-18-19-20-21-22-23-24-25-26-27-29-31-33-35-37-42(51)41(40-56-48-47(55)46(54)45(53)43(39-50)57-48)49-44(52)38-36-34-32-30-28-16-14-12-10-8-6-4-2/h27,29,35,37,41-43,45-48,50-51,53-55H,3-26,28,30-34,36,38-40H2,1-2H3,(H,49,52)/b29-27+,37-35+. The number of aliphatic hydroxyl groups is 5. The lowest BCUT2D eigenvalue weighted by atomic mass is 9.99. The summed E-state index contributed by atoms with van der Waals surface area (Å²) in [4.78, 5) is 12.9. The molecule has 9 nitrogen and oxygen atoms in total. The van der Waals surface area contributed by atoms with Gasteiger partial charge in [-0.25, -0.2) is 0 Å². The fraction of sp³-hybridized carbons (Fsp3) is 0.896. The zero-order valence-electron chi connectivity index (χ0n) is 36.9. The summed E-state index contributed by atoms with van der Waals surface area (Å²) in [5, 5.41) is 54.2. The van der Waals surface area contributed by atoms with E-state index >= 15 is 0 Å². The second kappa shape index (κ2) is 38.8. The molecule has 1 aliphatic rings. The van der Waals surface area contributed by atoms with Crippen molar-refractivity contribution in [3.8, 4) is 0 Å². The Labute approximate surface area is 349 Å². The van der Waals surface area contributed by atoms with Gasteiger partial charge in [-0.3, -0.25) is 4.79 Å². The Hall–Kier alpha value is -1.33. The number of carbonyl (C=O) groups excluding carboxylic acids is 1. The van der Waals surface area contributed by atoms with E-state index in [0.717, 1.165) is 38.5 Å². The van der Waals surface area contributed by atoms with Crippen molar-refractivity contribution in [3.05, 3.63) is 24.3 Å². The molecule has 0 bridgehead atoms. The molecule has 9 heteroatoms. The van der Waals surface area contributed by atoms with E-state index in [1.54, 1.807) is 6.08 Å². The van der Waals surface area contributed by atoms with Gasteiger partial charge >= 0.3 is 0 Å². The number of amides is 1. The highest BCUT2D eigenvalue weighted by Crippen LogP contribution is 2.23. The molecule has 1 saturated heterocycles. The largest absolute Gasteiger partial charge is 0.394 e. The first-order valence-electron chi connectivity index (χ1n) is 24.1. The summed E-state index contributed by atoms with van der Waals surface area (Å²) in [5.41, 5.74) is 0. The molecule has 1 fully saturated rings. The SMILES string of the molecule is CCCCCCCCCCCCCCCCCC/C=C/CC/C=C/C(O)C(COC1OC(CO)C(O)C(O)C1O)NC(=O)CCCCCCCCCCCCCC. The van der Waals surface area contributed by atoms with Gasteiger partial charge in [-0.1, -0.05) is 205 Å². The number of ether oxygens (including phenoxy) is 2. The number of aliphatic hydroxyl groups excluding tert-OH is 5. The molecule has 1 amide bonds. The van der Waals surface area contributed by atoms with E-state index in [1.807, 2.05) is 6.08 Å². The van der Waals surface area contributed by atoms with Crippen LogP contribution in [0.4, 0.5) is 0 Å². The molecule has 0 aromatic rings. The van der Waals surface area contributed by atoms with Gasteiger partial charge in [0.05, 0.1) is 25.4 Å². The molecule has 1 aliphatic heterocycles. The van der Waals surface area contributed by atoms with Crippen molar-refractivity contribution in [2.45, 2.75) is 262 Å². The highest BCUT2D eigenvalue weighted by molar-refractivity contribution is 5.76. The van der Waals surface area contributed by atoms with Crippen LogP contribution in [0.3, 0.4) is 0 Å². The van der Waals surface area contributed by atoms with Crippen molar-refractivity contribution >= 4 is 5.91 Å². The first-order chi connectivity index (χ1) is 27.8. The first-order valence-corrected chi connectivity index (χ1v) is 24.1. The van der Waals surface area contributed by atoms with Gasteiger partial charge in [0.15, 0.2) is 6.29 Å². The quantitative estimate of drug-likeness (QED) is 0.0265. The van der Waals surface area contributed by atoms with E-state index in [9.17, 15) is 30.3 Å². The van der Waals surface area contributed by atoms with Crippen LogP contribution < -0.4 is 5.32 Å². The van der Waals surface area contributed by atoms with Crippen LogP contribution >= 0.6 is 0 Å². The molecule has 7 unspecified atom stereocenters. The minimum Gasteiger partial charge on any atom is -0.394 e. The number of hydrogen-bond donors (Lipinski definition) is 6. The molecule has 0 spiro atoms. The molecular weight excluding hydrogens is 719 g/mol. The molecule has 0 radical (unpaired) electrons. The smallest absolute Gasteiger partial charge is 0.220 e. The van der Waals surface area contributed by atoms with Crippen molar-refractivity contribution in [3.63, 3.8) is 0 Å². The second-order valence-electron chi connectivity index (χ2n) is 16.9. The van der Waals surface area contributed by atoms with Crippen molar-refractivity contribution in [2.24, 2.45) is 0 Å². The Kier molecular flexibility index (Phi) is 36.6. The lowest BCUT2D eigenvalue weighted by Crippen LogP contribution is -2.60. The van der Waals surface area contributed by atoms with Crippen LogP contribution in [0, 0.1) is 0 Å². The number of rotatable bonds is 40. The van der Waals surface area contributed by atoms with Gasteiger partial charge in [0.25, 0.3) is 0 Å². The number of carbonyl (C=O) groups is 1. The third-order valence-corrected chi connectivity index (χ3v) is 11.5. The average molecular weight is 810 g/mol. The Morgan fingerprint density at radius 3 is 1.47 bits per heavy atom. The molecule has 1 rings (SSSR count). The molecule has 0 aliphatic carbocycles. The van der Waals surface area contributed by atoms with Gasteiger partial charge < -0.3 is 40.3 Å².